The van der Waals surface area contributed by atoms with Gasteiger partial charge >= 0.3 is 0 Å². The lowest BCUT2D eigenvalue weighted by Crippen LogP contribution is -2.43. The van der Waals surface area contributed by atoms with Crippen LogP contribution in [0.4, 0.5) is 0 Å². The van der Waals surface area contributed by atoms with Crippen molar-refractivity contribution < 1.29 is 17.6 Å². The summed E-state index contributed by atoms with van der Waals surface area (Å²) >= 11 is 0. The number of hydrogen-bond acceptors (Lipinski definition) is 5. The molecule has 0 radical (unpaired) electrons. The van der Waals surface area contributed by atoms with Crippen LogP contribution in [0.5, 0.6) is 0 Å². The Balaban J connectivity index is 1.82. The van der Waals surface area contributed by atoms with Crippen LogP contribution in [0, 0.1) is 20.8 Å². The lowest BCUT2D eigenvalue weighted by Gasteiger charge is -2.33. The van der Waals surface area contributed by atoms with Gasteiger partial charge < -0.3 is 9.15 Å². The van der Waals surface area contributed by atoms with Crippen LogP contribution in [0.15, 0.2) is 39.8 Å². The number of nitrogens with one attached hydrogen (secondary N) is 1. The second-order valence-electron chi connectivity index (χ2n) is 6.76. The van der Waals surface area contributed by atoms with E-state index in [1.807, 2.05) is 45.0 Å². The van der Waals surface area contributed by atoms with E-state index in [4.69, 9.17) is 9.15 Å². The fraction of sp³-hybridized carbons (Fsp3) is 0.474. The highest BCUT2D eigenvalue weighted by molar-refractivity contribution is 7.89. The molecule has 2 aromatic rings. The van der Waals surface area contributed by atoms with Gasteiger partial charge in [-0.1, -0.05) is 17.7 Å². The standard InChI is InChI=1S/C19H26N2O4S/c1-14-11-15(2)19(16(3)12-14)26(22,23)20-13-17(18-5-4-8-25-18)21-6-9-24-10-7-21/h4-5,8,11-12,17,20H,6-7,9-10,13H2,1-3H3. The van der Waals surface area contributed by atoms with Crippen molar-refractivity contribution in [3.63, 3.8) is 0 Å². The van der Waals surface area contributed by atoms with Crippen LogP contribution in [0.25, 0.3) is 0 Å². The van der Waals surface area contributed by atoms with Crippen molar-refractivity contribution in [3.05, 3.63) is 53.0 Å². The minimum Gasteiger partial charge on any atom is -0.468 e. The summed E-state index contributed by atoms with van der Waals surface area (Å²) in [5, 5.41) is 0. The number of rotatable bonds is 6. The van der Waals surface area contributed by atoms with Gasteiger partial charge in [0.25, 0.3) is 0 Å². The topological polar surface area (TPSA) is 71.8 Å². The van der Waals surface area contributed by atoms with Crippen molar-refractivity contribution >= 4 is 10.0 Å². The van der Waals surface area contributed by atoms with Crippen molar-refractivity contribution in [2.24, 2.45) is 0 Å². The average Bonchev–Trinajstić information content (AvgIpc) is 3.09. The van der Waals surface area contributed by atoms with Crippen LogP contribution >= 0.6 is 0 Å². The molecule has 1 atom stereocenters. The third-order valence-electron chi connectivity index (χ3n) is 4.70. The maximum absolute atomic E-state index is 13.0. The van der Waals surface area contributed by atoms with E-state index < -0.39 is 10.0 Å². The molecule has 0 saturated carbocycles. The van der Waals surface area contributed by atoms with Crippen LogP contribution in [0.3, 0.4) is 0 Å². The zero-order valence-corrected chi connectivity index (χ0v) is 16.3. The summed E-state index contributed by atoms with van der Waals surface area (Å²) in [7, 11) is -3.61. The minimum atomic E-state index is -3.61. The fourth-order valence-electron chi connectivity index (χ4n) is 3.63. The SMILES string of the molecule is Cc1cc(C)c(S(=O)(=O)NCC(c2ccco2)N2CCOCC2)c(C)c1. The lowest BCUT2D eigenvalue weighted by molar-refractivity contribution is 0.0128. The molecule has 1 unspecified atom stereocenters. The van der Waals surface area contributed by atoms with Crippen LogP contribution in [0.2, 0.25) is 0 Å². The molecule has 1 N–H and O–H groups in total. The van der Waals surface area contributed by atoms with Crippen LogP contribution < -0.4 is 4.72 Å². The van der Waals surface area contributed by atoms with Crippen LogP contribution in [-0.2, 0) is 14.8 Å². The number of sulfonamides is 1. The summed E-state index contributed by atoms with van der Waals surface area (Å²) in [6, 6.07) is 7.35. The van der Waals surface area contributed by atoms with Gasteiger partial charge in [-0.15, -0.1) is 0 Å². The van der Waals surface area contributed by atoms with E-state index >= 15 is 0 Å². The van der Waals surface area contributed by atoms with Crippen molar-refractivity contribution in [1.82, 2.24) is 9.62 Å². The first-order valence-electron chi connectivity index (χ1n) is 8.81. The zero-order chi connectivity index (χ0) is 18.7. The van der Waals surface area contributed by atoms with Gasteiger partial charge in [-0.25, -0.2) is 13.1 Å². The van der Waals surface area contributed by atoms with Crippen LogP contribution in [-0.4, -0.2) is 46.2 Å². The smallest absolute Gasteiger partial charge is 0.241 e. The van der Waals surface area contributed by atoms with E-state index in [1.54, 1.807) is 6.26 Å². The summed E-state index contributed by atoms with van der Waals surface area (Å²) in [4.78, 5) is 2.56. The maximum atomic E-state index is 13.0. The quantitative estimate of drug-likeness (QED) is 0.836. The highest BCUT2D eigenvalue weighted by atomic mass is 32.2. The van der Waals surface area contributed by atoms with Gasteiger partial charge in [-0.2, -0.15) is 0 Å². The third kappa shape index (κ3) is 4.17. The summed E-state index contributed by atoms with van der Waals surface area (Å²) in [6.45, 7) is 8.66. The van der Waals surface area contributed by atoms with Gasteiger partial charge in [0.1, 0.15) is 5.76 Å². The predicted molar refractivity (Wildman–Crippen MR) is 99.7 cm³/mol. The Kier molecular flexibility index (Phi) is 5.82. The molecule has 6 nitrogen and oxygen atoms in total. The number of ether oxygens (including phenoxy) is 1. The third-order valence-corrected chi connectivity index (χ3v) is 6.43. The number of morpholine rings is 1. The molecule has 142 valence electrons. The van der Waals surface area contributed by atoms with E-state index in [0.29, 0.717) is 18.1 Å². The van der Waals surface area contributed by atoms with E-state index in [9.17, 15) is 8.42 Å². The summed E-state index contributed by atoms with van der Waals surface area (Å²) in [5.41, 5.74) is 2.58. The highest BCUT2D eigenvalue weighted by Gasteiger charge is 2.28. The molecular formula is C19H26N2O4S. The van der Waals surface area contributed by atoms with Crippen molar-refractivity contribution in [3.8, 4) is 0 Å². The first-order valence-corrected chi connectivity index (χ1v) is 10.3. The molecule has 0 aliphatic carbocycles. The number of hydrogen-bond donors (Lipinski definition) is 1. The second-order valence-corrected chi connectivity index (χ2v) is 8.46. The summed E-state index contributed by atoms with van der Waals surface area (Å²) in [6.07, 6.45) is 1.62. The van der Waals surface area contributed by atoms with Crippen LogP contribution in [0.1, 0.15) is 28.5 Å². The Morgan fingerprint density at radius 1 is 1.15 bits per heavy atom. The zero-order valence-electron chi connectivity index (χ0n) is 15.5. The Hall–Kier alpha value is -1.67. The van der Waals surface area contributed by atoms with E-state index in [1.165, 1.54) is 0 Å². The van der Waals surface area contributed by atoms with Crippen molar-refractivity contribution in [1.29, 1.82) is 0 Å². The molecule has 1 saturated heterocycles. The minimum absolute atomic E-state index is 0.158. The molecule has 1 aliphatic heterocycles. The molecule has 26 heavy (non-hydrogen) atoms. The molecule has 1 aliphatic rings. The van der Waals surface area contributed by atoms with Gasteiger partial charge in [-0.3, -0.25) is 4.90 Å². The molecule has 1 aromatic heterocycles. The number of aryl methyl sites for hydroxylation is 3. The Morgan fingerprint density at radius 2 is 1.81 bits per heavy atom. The molecule has 2 heterocycles. The molecular weight excluding hydrogens is 352 g/mol. The summed E-state index contributed by atoms with van der Waals surface area (Å²) < 4.78 is 39.7. The predicted octanol–water partition coefficient (Wildman–Crippen LogP) is 2.56. The van der Waals surface area contributed by atoms with E-state index in [0.717, 1.165) is 35.5 Å². The molecule has 0 amide bonds. The molecule has 1 fully saturated rings. The Morgan fingerprint density at radius 3 is 2.38 bits per heavy atom. The summed E-state index contributed by atoms with van der Waals surface area (Å²) in [5.74, 6) is 0.756. The lowest BCUT2D eigenvalue weighted by atomic mass is 10.1. The second kappa shape index (κ2) is 7.92. The first kappa shape index (κ1) is 19.1. The van der Waals surface area contributed by atoms with E-state index in [2.05, 4.69) is 9.62 Å². The van der Waals surface area contributed by atoms with Crippen molar-refractivity contribution in [2.75, 3.05) is 32.8 Å². The number of benzene rings is 1. The number of nitrogens with zero attached hydrogens (tertiary/aromatic N) is 1. The first-order chi connectivity index (χ1) is 12.4. The molecule has 7 heteroatoms. The average molecular weight is 378 g/mol. The largest absolute Gasteiger partial charge is 0.468 e. The molecule has 0 spiro atoms. The Labute approximate surface area is 155 Å². The monoisotopic (exact) mass is 378 g/mol. The Bertz CT molecular complexity index is 817. The van der Waals surface area contributed by atoms with Gasteiger partial charge in [0, 0.05) is 19.6 Å². The molecule has 0 bridgehead atoms. The maximum Gasteiger partial charge on any atom is 0.241 e. The normalized spacial score (nSPS) is 17.3. The van der Waals surface area contributed by atoms with Crippen molar-refractivity contribution in [2.45, 2.75) is 31.7 Å². The van der Waals surface area contributed by atoms with Gasteiger partial charge in [0.05, 0.1) is 30.4 Å². The van der Waals surface area contributed by atoms with Gasteiger partial charge in [0.2, 0.25) is 10.0 Å². The highest BCUT2D eigenvalue weighted by Crippen LogP contribution is 2.25. The molecule has 3 rings (SSSR count). The molecule has 1 aromatic carbocycles. The van der Waals surface area contributed by atoms with Gasteiger partial charge in [0.15, 0.2) is 0 Å². The fourth-order valence-corrected chi connectivity index (χ4v) is 5.12. The van der Waals surface area contributed by atoms with E-state index in [-0.39, 0.29) is 12.6 Å². The van der Waals surface area contributed by atoms with Gasteiger partial charge in [-0.05, 0) is 44.0 Å². The number of furan rings is 1.